The molecule has 2 aromatic carbocycles. The van der Waals surface area contributed by atoms with Crippen LogP contribution in [0.15, 0.2) is 42.5 Å². The summed E-state index contributed by atoms with van der Waals surface area (Å²) in [6.07, 6.45) is 0. The van der Waals surface area contributed by atoms with Crippen molar-refractivity contribution in [2.45, 2.75) is 19.4 Å². The van der Waals surface area contributed by atoms with Crippen molar-refractivity contribution in [3.63, 3.8) is 0 Å². The van der Waals surface area contributed by atoms with Gasteiger partial charge in [-0.15, -0.1) is 0 Å². The van der Waals surface area contributed by atoms with E-state index in [9.17, 15) is 4.79 Å². The number of hydrogen-bond acceptors (Lipinski definition) is 2. The van der Waals surface area contributed by atoms with E-state index >= 15 is 0 Å². The molecule has 0 aliphatic rings. The topological polar surface area (TPSA) is 41.1 Å². The molecule has 2 rings (SSSR count). The smallest absolute Gasteiger partial charge is 0.234 e. The van der Waals surface area contributed by atoms with E-state index in [1.807, 2.05) is 32.0 Å². The van der Waals surface area contributed by atoms with Gasteiger partial charge in [0, 0.05) is 0 Å². The summed E-state index contributed by atoms with van der Waals surface area (Å²) in [6.45, 7) is 4.39. The van der Waals surface area contributed by atoms with E-state index in [-0.39, 0.29) is 5.91 Å². The lowest BCUT2D eigenvalue weighted by atomic mass is 9.89. The molecular weight excluding hydrogens is 236 g/mol. The molecule has 3 nitrogen and oxygen atoms in total. The lowest BCUT2D eigenvalue weighted by molar-refractivity contribution is -0.121. The Morgan fingerprint density at radius 1 is 1.11 bits per heavy atom. The summed E-state index contributed by atoms with van der Waals surface area (Å²) in [4.78, 5) is 11.8. The monoisotopic (exact) mass is 256 g/mol. The summed E-state index contributed by atoms with van der Waals surface area (Å²) in [6, 6.07) is 14.4. The molecule has 1 amide bonds. The normalized spacial score (nSPS) is 11.5. The Hall–Kier alpha value is -1.87. The zero-order valence-corrected chi connectivity index (χ0v) is 11.7. The summed E-state index contributed by atoms with van der Waals surface area (Å²) < 4.78 is 0. The van der Waals surface area contributed by atoms with Gasteiger partial charge in [0.15, 0.2) is 0 Å². The van der Waals surface area contributed by atoms with Gasteiger partial charge in [-0.1, -0.05) is 42.5 Å². The van der Waals surface area contributed by atoms with E-state index < -0.39 is 5.54 Å². The second kappa shape index (κ2) is 5.41. The number of rotatable bonds is 4. The van der Waals surface area contributed by atoms with Crippen molar-refractivity contribution >= 4 is 16.7 Å². The van der Waals surface area contributed by atoms with Gasteiger partial charge in [-0.05, 0) is 37.2 Å². The summed E-state index contributed by atoms with van der Waals surface area (Å²) in [7, 11) is 1.77. The van der Waals surface area contributed by atoms with Gasteiger partial charge >= 0.3 is 0 Å². The maximum Gasteiger partial charge on any atom is 0.234 e. The number of benzene rings is 2. The average molecular weight is 256 g/mol. The van der Waals surface area contributed by atoms with Crippen molar-refractivity contribution in [3.8, 4) is 0 Å². The average Bonchev–Trinajstić information content (AvgIpc) is 2.37. The van der Waals surface area contributed by atoms with Gasteiger partial charge in [0.25, 0.3) is 0 Å². The summed E-state index contributed by atoms with van der Waals surface area (Å²) >= 11 is 0. The first-order valence-electron chi connectivity index (χ1n) is 6.48. The Bertz CT molecular complexity index is 585. The number of carbonyl (C=O) groups excluding carboxylic acids is 1. The first-order chi connectivity index (χ1) is 9.04. The Balaban J connectivity index is 2.39. The fourth-order valence-electron chi connectivity index (χ4n) is 2.39. The number of fused-ring (bicyclic) bond motifs is 1. The fourth-order valence-corrected chi connectivity index (χ4v) is 2.39. The van der Waals surface area contributed by atoms with Crippen LogP contribution in [0.3, 0.4) is 0 Å². The van der Waals surface area contributed by atoms with Crippen molar-refractivity contribution in [1.29, 1.82) is 0 Å². The molecule has 2 aromatic rings. The minimum Gasteiger partial charge on any atom is -0.346 e. The molecule has 0 saturated heterocycles. The van der Waals surface area contributed by atoms with Crippen molar-refractivity contribution in [2.24, 2.45) is 0 Å². The van der Waals surface area contributed by atoms with Crippen LogP contribution in [0.2, 0.25) is 0 Å². The molecule has 2 N–H and O–H groups in total. The minimum absolute atomic E-state index is 0.000402. The van der Waals surface area contributed by atoms with Gasteiger partial charge < -0.3 is 10.6 Å². The van der Waals surface area contributed by atoms with Crippen molar-refractivity contribution in [3.05, 3.63) is 48.0 Å². The van der Waals surface area contributed by atoms with Crippen molar-refractivity contribution in [1.82, 2.24) is 10.6 Å². The van der Waals surface area contributed by atoms with E-state index in [2.05, 4.69) is 34.9 Å². The van der Waals surface area contributed by atoms with Gasteiger partial charge in [-0.2, -0.15) is 0 Å². The molecule has 100 valence electrons. The second-order valence-corrected chi connectivity index (χ2v) is 5.23. The predicted octanol–water partition coefficient (Wildman–Crippen LogP) is 2.41. The van der Waals surface area contributed by atoms with Gasteiger partial charge in [-0.25, -0.2) is 0 Å². The van der Waals surface area contributed by atoms with Crippen LogP contribution >= 0.6 is 0 Å². The lowest BCUT2D eigenvalue weighted by Crippen LogP contribution is -2.44. The van der Waals surface area contributed by atoms with Crippen molar-refractivity contribution < 1.29 is 4.79 Å². The van der Waals surface area contributed by atoms with E-state index in [1.54, 1.807) is 7.05 Å². The molecule has 3 heteroatoms. The van der Waals surface area contributed by atoms with Crippen LogP contribution in [0.25, 0.3) is 10.8 Å². The van der Waals surface area contributed by atoms with Crippen LogP contribution in [0, 0.1) is 0 Å². The third-order valence-electron chi connectivity index (χ3n) is 3.25. The first-order valence-corrected chi connectivity index (χ1v) is 6.48. The standard InChI is InChI=1S/C16H20N2O/c1-16(2,18-15(19)11-17-3)14-10-6-8-12-7-4-5-9-13(12)14/h4-10,17H,11H2,1-3H3,(H,18,19). The Morgan fingerprint density at radius 3 is 2.53 bits per heavy atom. The lowest BCUT2D eigenvalue weighted by Gasteiger charge is -2.28. The molecule has 0 radical (unpaired) electrons. The Labute approximate surface area is 114 Å². The molecule has 0 unspecified atom stereocenters. The molecule has 0 aliphatic heterocycles. The largest absolute Gasteiger partial charge is 0.346 e. The molecule has 0 bridgehead atoms. The Morgan fingerprint density at radius 2 is 1.79 bits per heavy atom. The number of hydrogen-bond donors (Lipinski definition) is 2. The minimum atomic E-state index is -0.394. The summed E-state index contributed by atoms with van der Waals surface area (Å²) in [5.41, 5.74) is 0.740. The van der Waals surface area contributed by atoms with Crippen LogP contribution in [-0.4, -0.2) is 19.5 Å². The molecular formula is C16H20N2O. The highest BCUT2D eigenvalue weighted by atomic mass is 16.2. The molecule has 0 atom stereocenters. The van der Waals surface area contributed by atoms with Crippen LogP contribution in [0.1, 0.15) is 19.4 Å². The molecule has 0 aromatic heterocycles. The van der Waals surface area contributed by atoms with E-state index in [1.165, 1.54) is 10.8 Å². The number of amides is 1. The molecule has 0 fully saturated rings. The zero-order valence-electron chi connectivity index (χ0n) is 11.7. The van der Waals surface area contributed by atoms with Crippen LogP contribution < -0.4 is 10.6 Å². The molecule has 0 aliphatic carbocycles. The first kappa shape index (κ1) is 13.6. The number of likely N-dealkylation sites (N-methyl/N-ethyl adjacent to an activating group) is 1. The van der Waals surface area contributed by atoms with Gasteiger partial charge in [-0.3, -0.25) is 4.79 Å². The van der Waals surface area contributed by atoms with Gasteiger partial charge in [0.2, 0.25) is 5.91 Å². The maximum atomic E-state index is 11.8. The maximum absolute atomic E-state index is 11.8. The van der Waals surface area contributed by atoms with E-state index in [0.29, 0.717) is 6.54 Å². The van der Waals surface area contributed by atoms with Crippen LogP contribution in [-0.2, 0) is 10.3 Å². The number of nitrogens with one attached hydrogen (secondary N) is 2. The van der Waals surface area contributed by atoms with Gasteiger partial charge in [0.05, 0.1) is 12.1 Å². The predicted molar refractivity (Wildman–Crippen MR) is 79.0 cm³/mol. The van der Waals surface area contributed by atoms with Crippen molar-refractivity contribution in [2.75, 3.05) is 13.6 Å². The summed E-state index contributed by atoms with van der Waals surface area (Å²) in [5.74, 6) is 0.000402. The fraction of sp³-hybridized carbons (Fsp3) is 0.312. The van der Waals surface area contributed by atoms with E-state index in [0.717, 1.165) is 5.56 Å². The van der Waals surface area contributed by atoms with Crippen LogP contribution in [0.5, 0.6) is 0 Å². The second-order valence-electron chi connectivity index (χ2n) is 5.23. The molecule has 0 heterocycles. The Kier molecular flexibility index (Phi) is 3.86. The zero-order chi connectivity index (χ0) is 13.9. The SMILES string of the molecule is CNCC(=O)NC(C)(C)c1cccc2ccccc12. The van der Waals surface area contributed by atoms with Gasteiger partial charge in [0.1, 0.15) is 0 Å². The molecule has 0 saturated carbocycles. The number of carbonyl (C=O) groups is 1. The third kappa shape index (κ3) is 2.93. The highest BCUT2D eigenvalue weighted by Gasteiger charge is 2.24. The van der Waals surface area contributed by atoms with E-state index in [4.69, 9.17) is 0 Å². The molecule has 19 heavy (non-hydrogen) atoms. The molecule has 0 spiro atoms. The quantitative estimate of drug-likeness (QED) is 0.882. The summed E-state index contributed by atoms with van der Waals surface area (Å²) in [5, 5.41) is 8.30. The highest BCUT2D eigenvalue weighted by Crippen LogP contribution is 2.28. The third-order valence-corrected chi connectivity index (χ3v) is 3.25. The highest BCUT2D eigenvalue weighted by molar-refractivity contribution is 5.87. The van der Waals surface area contributed by atoms with Crippen LogP contribution in [0.4, 0.5) is 0 Å².